The second-order valence-electron chi connectivity index (χ2n) is 2.61. The Morgan fingerprint density at radius 3 is 2.77 bits per heavy atom. The summed E-state index contributed by atoms with van der Waals surface area (Å²) in [5, 5.41) is 11.7. The molecule has 0 aliphatic rings. The molecule has 0 saturated heterocycles. The Hall–Kier alpha value is -1.36. The highest BCUT2D eigenvalue weighted by Gasteiger charge is 2.05. The van der Waals surface area contributed by atoms with Gasteiger partial charge in [-0.05, 0) is 30.8 Å². The van der Waals surface area contributed by atoms with E-state index in [9.17, 15) is 4.39 Å². The summed E-state index contributed by atoms with van der Waals surface area (Å²) < 4.78 is 12.8. The standard InChI is InChI=1S/C8H9FN2OS/c1-4-2-5(9)7(12)3-6(4)11-8(10)13/h2-3,12H,1H3,(H3,10,11,13). The van der Waals surface area contributed by atoms with Gasteiger partial charge in [0.05, 0.1) is 0 Å². The Labute approximate surface area is 80.4 Å². The molecule has 0 heterocycles. The monoisotopic (exact) mass is 200 g/mol. The summed E-state index contributed by atoms with van der Waals surface area (Å²) in [7, 11) is 0. The molecule has 0 saturated carbocycles. The average molecular weight is 200 g/mol. The van der Waals surface area contributed by atoms with Crippen molar-refractivity contribution in [1.29, 1.82) is 0 Å². The number of phenols is 1. The van der Waals surface area contributed by atoms with Gasteiger partial charge in [0, 0.05) is 11.8 Å². The minimum absolute atomic E-state index is 0.0779. The third-order valence-corrected chi connectivity index (χ3v) is 1.65. The van der Waals surface area contributed by atoms with Crippen molar-refractivity contribution in [2.24, 2.45) is 5.73 Å². The maximum atomic E-state index is 12.8. The molecule has 0 aliphatic carbocycles. The lowest BCUT2D eigenvalue weighted by atomic mass is 10.2. The number of benzene rings is 1. The highest BCUT2D eigenvalue weighted by molar-refractivity contribution is 7.80. The van der Waals surface area contributed by atoms with E-state index in [4.69, 9.17) is 10.8 Å². The van der Waals surface area contributed by atoms with Gasteiger partial charge in [0.1, 0.15) is 0 Å². The number of halogens is 1. The Kier molecular flexibility index (Phi) is 2.67. The van der Waals surface area contributed by atoms with Gasteiger partial charge in [-0.3, -0.25) is 0 Å². The minimum atomic E-state index is -0.661. The van der Waals surface area contributed by atoms with Crippen molar-refractivity contribution in [1.82, 2.24) is 0 Å². The predicted octanol–water partition coefficient (Wildman–Crippen LogP) is 1.50. The van der Waals surface area contributed by atoms with Crippen LogP contribution in [0, 0.1) is 12.7 Å². The van der Waals surface area contributed by atoms with Gasteiger partial charge in [-0.1, -0.05) is 0 Å². The van der Waals surface area contributed by atoms with Gasteiger partial charge in [-0.25, -0.2) is 4.39 Å². The second kappa shape index (κ2) is 3.57. The van der Waals surface area contributed by atoms with Crippen LogP contribution in [0.1, 0.15) is 5.56 Å². The zero-order valence-corrected chi connectivity index (χ0v) is 7.78. The number of phenolic OH excluding ortho intramolecular Hbond substituents is 1. The average Bonchev–Trinajstić information content (AvgIpc) is 1.99. The number of hydrogen-bond acceptors (Lipinski definition) is 2. The molecule has 4 N–H and O–H groups in total. The van der Waals surface area contributed by atoms with Crippen molar-refractivity contribution in [3.63, 3.8) is 0 Å². The van der Waals surface area contributed by atoms with E-state index in [1.807, 2.05) is 0 Å². The Morgan fingerprint density at radius 1 is 1.62 bits per heavy atom. The fraction of sp³-hybridized carbons (Fsp3) is 0.125. The van der Waals surface area contributed by atoms with E-state index < -0.39 is 11.6 Å². The maximum absolute atomic E-state index is 12.8. The van der Waals surface area contributed by atoms with Gasteiger partial charge in [-0.2, -0.15) is 0 Å². The molecule has 1 rings (SSSR count). The van der Waals surface area contributed by atoms with Crippen LogP contribution in [-0.4, -0.2) is 10.2 Å². The van der Waals surface area contributed by atoms with E-state index >= 15 is 0 Å². The van der Waals surface area contributed by atoms with Crippen LogP contribution >= 0.6 is 12.2 Å². The Balaban J connectivity index is 3.08. The molecule has 0 radical (unpaired) electrons. The lowest BCUT2D eigenvalue weighted by Gasteiger charge is -2.08. The molecular weight excluding hydrogens is 191 g/mol. The number of thiocarbonyl (C=S) groups is 1. The van der Waals surface area contributed by atoms with E-state index in [-0.39, 0.29) is 5.11 Å². The lowest BCUT2D eigenvalue weighted by Crippen LogP contribution is -2.19. The Bertz CT molecular complexity index is 354. The van der Waals surface area contributed by atoms with Crippen LogP contribution in [0.4, 0.5) is 10.1 Å². The van der Waals surface area contributed by atoms with Crippen LogP contribution in [-0.2, 0) is 0 Å². The summed E-state index contributed by atoms with van der Waals surface area (Å²) in [5.41, 5.74) is 6.36. The predicted molar refractivity (Wildman–Crippen MR) is 53.2 cm³/mol. The molecule has 1 aromatic carbocycles. The first-order chi connectivity index (χ1) is 6.00. The zero-order chi connectivity index (χ0) is 10.0. The van der Waals surface area contributed by atoms with Crippen LogP contribution in [0.5, 0.6) is 5.75 Å². The van der Waals surface area contributed by atoms with Crippen molar-refractivity contribution in [3.8, 4) is 5.75 Å². The fourth-order valence-electron chi connectivity index (χ4n) is 0.929. The smallest absolute Gasteiger partial charge is 0.168 e. The molecule has 0 amide bonds. The number of rotatable bonds is 1. The lowest BCUT2D eigenvalue weighted by molar-refractivity contribution is 0.432. The summed E-state index contributed by atoms with van der Waals surface area (Å²) in [4.78, 5) is 0. The van der Waals surface area contributed by atoms with E-state index in [1.54, 1.807) is 6.92 Å². The summed E-state index contributed by atoms with van der Waals surface area (Å²) in [6.07, 6.45) is 0. The Morgan fingerprint density at radius 2 is 2.23 bits per heavy atom. The fourth-order valence-corrected chi connectivity index (χ4v) is 1.04. The number of hydrogen-bond donors (Lipinski definition) is 3. The molecule has 0 fully saturated rings. The molecule has 1 aromatic rings. The molecule has 0 atom stereocenters. The normalized spacial score (nSPS) is 9.69. The molecule has 0 unspecified atom stereocenters. The van der Waals surface area contributed by atoms with Gasteiger partial charge in [0.2, 0.25) is 0 Å². The summed E-state index contributed by atoms with van der Waals surface area (Å²) >= 11 is 4.60. The van der Waals surface area contributed by atoms with Crippen LogP contribution < -0.4 is 11.1 Å². The van der Waals surface area contributed by atoms with Crippen LogP contribution in [0.3, 0.4) is 0 Å². The molecule has 0 bridgehead atoms. The van der Waals surface area contributed by atoms with Crippen molar-refractivity contribution in [2.75, 3.05) is 5.32 Å². The number of nitrogens with two attached hydrogens (primary N) is 1. The van der Waals surface area contributed by atoms with E-state index in [0.717, 1.165) is 0 Å². The number of nitrogens with one attached hydrogen (secondary N) is 1. The highest BCUT2D eigenvalue weighted by atomic mass is 32.1. The maximum Gasteiger partial charge on any atom is 0.168 e. The molecule has 70 valence electrons. The summed E-state index contributed by atoms with van der Waals surface area (Å²) in [6.45, 7) is 1.68. The summed E-state index contributed by atoms with van der Waals surface area (Å²) in [6, 6.07) is 2.44. The molecule has 13 heavy (non-hydrogen) atoms. The van der Waals surface area contributed by atoms with Gasteiger partial charge >= 0.3 is 0 Å². The molecule has 0 aromatic heterocycles. The third-order valence-electron chi connectivity index (χ3n) is 1.55. The van der Waals surface area contributed by atoms with Crippen LogP contribution in [0.25, 0.3) is 0 Å². The number of aromatic hydroxyl groups is 1. The van der Waals surface area contributed by atoms with Crippen molar-refractivity contribution in [2.45, 2.75) is 6.92 Å². The number of anilines is 1. The topological polar surface area (TPSA) is 58.3 Å². The van der Waals surface area contributed by atoms with E-state index in [0.29, 0.717) is 11.3 Å². The highest BCUT2D eigenvalue weighted by Crippen LogP contribution is 2.24. The van der Waals surface area contributed by atoms with Crippen LogP contribution in [0.2, 0.25) is 0 Å². The molecule has 3 nitrogen and oxygen atoms in total. The largest absolute Gasteiger partial charge is 0.505 e. The first-order valence-electron chi connectivity index (χ1n) is 3.56. The molecule has 0 spiro atoms. The summed E-state index contributed by atoms with van der Waals surface area (Å²) in [5.74, 6) is -1.09. The van der Waals surface area contributed by atoms with Crippen molar-refractivity contribution >= 4 is 23.0 Å². The molecular formula is C8H9FN2OS. The van der Waals surface area contributed by atoms with Crippen molar-refractivity contribution in [3.05, 3.63) is 23.5 Å². The van der Waals surface area contributed by atoms with Crippen molar-refractivity contribution < 1.29 is 9.50 Å². The van der Waals surface area contributed by atoms with Gasteiger partial charge in [0.15, 0.2) is 16.7 Å². The number of aryl methyl sites for hydroxylation is 1. The first kappa shape index (κ1) is 9.73. The molecule has 5 heteroatoms. The SMILES string of the molecule is Cc1cc(F)c(O)cc1NC(N)=S. The third kappa shape index (κ3) is 2.29. The van der Waals surface area contributed by atoms with E-state index in [2.05, 4.69) is 17.5 Å². The van der Waals surface area contributed by atoms with Crippen LogP contribution in [0.15, 0.2) is 12.1 Å². The first-order valence-corrected chi connectivity index (χ1v) is 3.97. The van der Waals surface area contributed by atoms with E-state index in [1.165, 1.54) is 12.1 Å². The zero-order valence-electron chi connectivity index (χ0n) is 6.97. The van der Waals surface area contributed by atoms with Gasteiger partial charge in [0.25, 0.3) is 0 Å². The molecule has 0 aliphatic heterocycles. The quantitative estimate of drug-likeness (QED) is 0.601. The van der Waals surface area contributed by atoms with Gasteiger partial charge in [-0.15, -0.1) is 0 Å². The van der Waals surface area contributed by atoms with Gasteiger partial charge < -0.3 is 16.2 Å². The minimum Gasteiger partial charge on any atom is -0.505 e. The second-order valence-corrected chi connectivity index (χ2v) is 3.05.